The molecule has 1 aliphatic rings. The summed E-state index contributed by atoms with van der Waals surface area (Å²) in [4.78, 5) is 31.3. The first kappa shape index (κ1) is 25.1. The predicted octanol–water partition coefficient (Wildman–Crippen LogP) is 5.10. The molecule has 2 aromatic carbocycles. The molecule has 6 nitrogen and oxygen atoms in total. The van der Waals surface area contributed by atoms with Crippen LogP contribution in [0.3, 0.4) is 0 Å². The maximum Gasteiger partial charge on any atom is 0.255 e. The Morgan fingerprint density at radius 2 is 1.66 bits per heavy atom. The van der Waals surface area contributed by atoms with Crippen molar-refractivity contribution in [3.05, 3.63) is 82.0 Å². The lowest BCUT2D eigenvalue weighted by molar-refractivity contribution is -0.116. The Labute approximate surface area is 212 Å². The van der Waals surface area contributed by atoms with Crippen molar-refractivity contribution in [1.82, 2.24) is 9.80 Å². The minimum atomic E-state index is -0.192. The van der Waals surface area contributed by atoms with E-state index in [1.54, 1.807) is 29.5 Å². The van der Waals surface area contributed by atoms with E-state index in [1.165, 1.54) is 10.4 Å². The van der Waals surface area contributed by atoms with Crippen LogP contribution in [0.5, 0.6) is 0 Å². The van der Waals surface area contributed by atoms with Crippen molar-refractivity contribution in [3.8, 4) is 0 Å². The molecule has 1 aliphatic heterocycles. The smallest absolute Gasteiger partial charge is 0.255 e. The van der Waals surface area contributed by atoms with Gasteiger partial charge in [0.1, 0.15) is 0 Å². The number of aryl methyl sites for hydroxylation is 1. The molecule has 7 heteroatoms. The number of nitrogens with zero attached hydrogens (tertiary/aromatic N) is 2. The second-order valence-electron chi connectivity index (χ2n) is 8.92. The van der Waals surface area contributed by atoms with Crippen molar-refractivity contribution in [3.63, 3.8) is 0 Å². The van der Waals surface area contributed by atoms with Gasteiger partial charge in [0.05, 0.1) is 0 Å². The fourth-order valence-corrected chi connectivity index (χ4v) is 5.01. The van der Waals surface area contributed by atoms with E-state index in [1.807, 2.05) is 24.3 Å². The summed E-state index contributed by atoms with van der Waals surface area (Å²) in [5, 5.41) is 7.92. The highest BCUT2D eigenvalue weighted by Gasteiger charge is 2.15. The molecule has 2 heterocycles. The molecule has 1 saturated heterocycles. The molecule has 0 radical (unpaired) electrons. The first-order chi connectivity index (χ1) is 17.1. The standard InChI is InChI=1S/C28H34N4O2S/c1-2-31-15-17-32(18-16-31)21-22-11-13-24(14-12-22)30-28(34)23-6-3-7-25(20-23)29-27(33)10-4-8-26-9-5-19-35-26/h3,5-7,9,11-14,19-20H,2,4,8,10,15-18,21H2,1H3,(H,29,33)(H,30,34). The second kappa shape index (κ2) is 12.6. The van der Waals surface area contributed by atoms with Crippen LogP contribution in [-0.4, -0.2) is 54.3 Å². The average Bonchev–Trinajstić information content (AvgIpc) is 3.39. The second-order valence-corrected chi connectivity index (χ2v) is 9.96. The Hall–Kier alpha value is -3.00. The molecule has 0 saturated carbocycles. The summed E-state index contributed by atoms with van der Waals surface area (Å²) in [6, 6.07) is 19.3. The van der Waals surface area contributed by atoms with Crippen molar-refractivity contribution in [2.24, 2.45) is 0 Å². The van der Waals surface area contributed by atoms with Crippen molar-refractivity contribution in [1.29, 1.82) is 0 Å². The van der Waals surface area contributed by atoms with Crippen LogP contribution in [-0.2, 0) is 17.8 Å². The highest BCUT2D eigenvalue weighted by Crippen LogP contribution is 2.17. The van der Waals surface area contributed by atoms with E-state index in [2.05, 4.69) is 50.9 Å². The molecule has 2 amide bonds. The van der Waals surface area contributed by atoms with Crippen molar-refractivity contribution in [2.45, 2.75) is 32.7 Å². The number of carbonyl (C=O) groups excluding carboxylic acids is 2. The third-order valence-electron chi connectivity index (χ3n) is 6.35. The van der Waals surface area contributed by atoms with E-state index >= 15 is 0 Å². The molecule has 1 fully saturated rings. The van der Waals surface area contributed by atoms with Crippen LogP contribution in [0.15, 0.2) is 66.0 Å². The van der Waals surface area contributed by atoms with Gasteiger partial charge in [-0.3, -0.25) is 14.5 Å². The summed E-state index contributed by atoms with van der Waals surface area (Å²) >= 11 is 1.71. The Morgan fingerprint density at radius 1 is 0.886 bits per heavy atom. The van der Waals surface area contributed by atoms with Crippen LogP contribution in [0.2, 0.25) is 0 Å². The third-order valence-corrected chi connectivity index (χ3v) is 7.28. The van der Waals surface area contributed by atoms with Gasteiger partial charge in [-0.15, -0.1) is 11.3 Å². The predicted molar refractivity (Wildman–Crippen MR) is 144 cm³/mol. The van der Waals surface area contributed by atoms with Gasteiger partial charge >= 0.3 is 0 Å². The van der Waals surface area contributed by atoms with Gasteiger partial charge in [0.15, 0.2) is 0 Å². The molecule has 0 unspecified atom stereocenters. The normalized spacial score (nSPS) is 14.5. The number of piperazine rings is 1. The first-order valence-corrected chi connectivity index (χ1v) is 13.2. The summed E-state index contributed by atoms with van der Waals surface area (Å²) in [5.74, 6) is -0.229. The van der Waals surface area contributed by atoms with Crippen molar-refractivity contribution < 1.29 is 9.59 Å². The maximum absolute atomic E-state index is 12.8. The molecule has 0 spiro atoms. The van der Waals surface area contributed by atoms with Gasteiger partial charge in [-0.05, 0) is 66.7 Å². The zero-order valence-electron chi connectivity index (χ0n) is 20.3. The van der Waals surface area contributed by atoms with Gasteiger partial charge in [-0.25, -0.2) is 0 Å². The van der Waals surface area contributed by atoms with Crippen LogP contribution in [0, 0.1) is 0 Å². The number of hydrogen-bond donors (Lipinski definition) is 2. The number of anilines is 2. The lowest BCUT2D eigenvalue weighted by Crippen LogP contribution is -2.45. The summed E-state index contributed by atoms with van der Waals surface area (Å²) < 4.78 is 0. The molecule has 0 aliphatic carbocycles. The van der Waals surface area contributed by atoms with Gasteiger partial charge < -0.3 is 15.5 Å². The SMILES string of the molecule is CCN1CCN(Cc2ccc(NC(=O)c3cccc(NC(=O)CCCc4cccs4)c3)cc2)CC1. The molecule has 184 valence electrons. The van der Waals surface area contributed by atoms with E-state index in [-0.39, 0.29) is 11.8 Å². The fourth-order valence-electron chi connectivity index (χ4n) is 4.26. The number of likely N-dealkylation sites (N-methyl/N-ethyl adjacent to an activating group) is 1. The quantitative estimate of drug-likeness (QED) is 0.415. The fraction of sp³-hybridized carbons (Fsp3) is 0.357. The Bertz CT molecular complexity index is 1090. The molecule has 1 aromatic heterocycles. The number of nitrogens with one attached hydrogen (secondary N) is 2. The van der Waals surface area contributed by atoms with Crippen LogP contribution in [0.4, 0.5) is 11.4 Å². The molecule has 4 rings (SSSR count). The number of benzene rings is 2. The number of rotatable bonds is 10. The van der Waals surface area contributed by atoms with Crippen molar-refractivity contribution in [2.75, 3.05) is 43.4 Å². The topological polar surface area (TPSA) is 64.7 Å². The van der Waals surface area contributed by atoms with Gasteiger partial charge in [-0.2, -0.15) is 0 Å². The summed E-state index contributed by atoms with van der Waals surface area (Å²) in [7, 11) is 0. The molecule has 0 atom stereocenters. The van der Waals surface area contributed by atoms with E-state index in [4.69, 9.17) is 0 Å². The van der Waals surface area contributed by atoms with E-state index < -0.39 is 0 Å². The van der Waals surface area contributed by atoms with Gasteiger partial charge in [0.2, 0.25) is 5.91 Å². The van der Waals surface area contributed by atoms with E-state index in [0.717, 1.165) is 57.8 Å². The lowest BCUT2D eigenvalue weighted by atomic mass is 10.1. The molecule has 2 N–H and O–H groups in total. The highest BCUT2D eigenvalue weighted by molar-refractivity contribution is 7.09. The van der Waals surface area contributed by atoms with Gasteiger partial charge in [-0.1, -0.05) is 31.2 Å². The first-order valence-electron chi connectivity index (χ1n) is 12.4. The number of hydrogen-bond acceptors (Lipinski definition) is 5. The van der Waals surface area contributed by atoms with Gasteiger partial charge in [0, 0.05) is 61.0 Å². The molecule has 0 bridgehead atoms. The minimum absolute atomic E-state index is 0.0363. The number of carbonyl (C=O) groups is 2. The summed E-state index contributed by atoms with van der Waals surface area (Å²) in [6.07, 6.45) is 2.16. The van der Waals surface area contributed by atoms with Crippen LogP contribution in [0.1, 0.15) is 40.6 Å². The maximum atomic E-state index is 12.8. The summed E-state index contributed by atoms with van der Waals surface area (Å²) in [5.41, 5.74) is 3.16. The number of amides is 2. The van der Waals surface area contributed by atoms with E-state index in [9.17, 15) is 9.59 Å². The minimum Gasteiger partial charge on any atom is -0.326 e. The highest BCUT2D eigenvalue weighted by atomic mass is 32.1. The third kappa shape index (κ3) is 7.75. The lowest BCUT2D eigenvalue weighted by Gasteiger charge is -2.34. The largest absolute Gasteiger partial charge is 0.326 e. The Kier molecular flexibility index (Phi) is 9.06. The molecular formula is C28H34N4O2S. The molecule has 3 aromatic rings. The van der Waals surface area contributed by atoms with Crippen LogP contribution in [0.25, 0.3) is 0 Å². The monoisotopic (exact) mass is 490 g/mol. The van der Waals surface area contributed by atoms with E-state index in [0.29, 0.717) is 17.7 Å². The van der Waals surface area contributed by atoms with Crippen LogP contribution < -0.4 is 10.6 Å². The zero-order chi connectivity index (χ0) is 24.5. The molecular weight excluding hydrogens is 456 g/mol. The average molecular weight is 491 g/mol. The number of thiophene rings is 1. The van der Waals surface area contributed by atoms with Gasteiger partial charge in [0.25, 0.3) is 5.91 Å². The zero-order valence-corrected chi connectivity index (χ0v) is 21.2. The Balaban J connectivity index is 1.24. The van der Waals surface area contributed by atoms with Crippen molar-refractivity contribution >= 4 is 34.5 Å². The Morgan fingerprint density at radius 3 is 2.37 bits per heavy atom. The molecule has 35 heavy (non-hydrogen) atoms. The van der Waals surface area contributed by atoms with Crippen LogP contribution >= 0.6 is 11.3 Å². The summed E-state index contributed by atoms with van der Waals surface area (Å²) in [6.45, 7) is 8.69.